The molecule has 148 valence electrons. The Hall–Kier alpha value is 1.31. The van der Waals surface area contributed by atoms with E-state index in [1.54, 1.807) is 0 Å². The summed E-state index contributed by atoms with van der Waals surface area (Å²) < 4.78 is 14.0. The predicted octanol–water partition coefficient (Wildman–Crippen LogP) is 7.44. The number of alkyl halides is 2. The highest BCUT2D eigenvalue weighted by atomic mass is 79.9. The van der Waals surface area contributed by atoms with Crippen LogP contribution in [-0.2, 0) is 8.85 Å². The van der Waals surface area contributed by atoms with Gasteiger partial charge in [-0.15, -0.1) is 0 Å². The van der Waals surface area contributed by atoms with Gasteiger partial charge in [0.05, 0.1) is 6.10 Å². The summed E-state index contributed by atoms with van der Waals surface area (Å²) in [6.45, 7) is 23.4. The highest BCUT2D eigenvalue weighted by molar-refractivity contribution is 9.25. The summed E-state index contributed by atoms with van der Waals surface area (Å²) in [6, 6.07) is 0. The fourth-order valence-corrected chi connectivity index (χ4v) is 8.86. The summed E-state index contributed by atoms with van der Waals surface area (Å²) in [4.78, 5) is 0. The Labute approximate surface area is 174 Å². The number of fused-ring (bicyclic) bond motifs is 1. The van der Waals surface area contributed by atoms with Crippen LogP contribution in [0.2, 0.25) is 36.3 Å². The van der Waals surface area contributed by atoms with Gasteiger partial charge in [-0.3, -0.25) is 0 Å². The third-order valence-corrected chi connectivity index (χ3v) is 18.6. The van der Waals surface area contributed by atoms with E-state index >= 15 is 0 Å². The first-order valence-corrected chi connectivity index (χ1v) is 17.1. The number of hydrogen-bond acceptors (Lipinski definition) is 2. The molecule has 25 heavy (non-hydrogen) atoms. The lowest BCUT2D eigenvalue weighted by Crippen LogP contribution is -2.56. The molecule has 2 nitrogen and oxygen atoms in total. The lowest BCUT2D eigenvalue weighted by atomic mass is 9.95. The molecular weight excluding hydrogens is 476 g/mol. The van der Waals surface area contributed by atoms with Crippen LogP contribution in [-0.4, -0.2) is 31.6 Å². The summed E-state index contributed by atoms with van der Waals surface area (Å²) in [7, 11) is -3.74. The van der Waals surface area contributed by atoms with Crippen LogP contribution in [0.25, 0.3) is 0 Å². The lowest BCUT2D eigenvalue weighted by Gasteiger charge is -2.47. The van der Waals surface area contributed by atoms with E-state index in [1.807, 2.05) is 0 Å². The fraction of sp³-hybridized carbons (Fsp3) is 1.00. The van der Waals surface area contributed by atoms with Gasteiger partial charge < -0.3 is 8.85 Å². The minimum Gasteiger partial charge on any atom is -0.411 e. The van der Waals surface area contributed by atoms with E-state index < -0.39 is 16.6 Å². The van der Waals surface area contributed by atoms with Crippen molar-refractivity contribution in [1.82, 2.24) is 0 Å². The molecular formula is C19H38Br2O2Si2. The van der Waals surface area contributed by atoms with Gasteiger partial charge in [0.25, 0.3) is 0 Å². The standard InChI is InChI=1S/C19H38Br2O2Si2/c1-16(2,3)24(7,8)22-15-13-11-12-14-18(15,19(14,20)21)23-25(9,10)17(4,5)6/h14-15H,11-13H2,1-10H3/t14-,15+,18+/m0/s1. The minimum atomic E-state index is -1.90. The first-order valence-electron chi connectivity index (χ1n) is 9.66. The molecule has 0 saturated heterocycles. The SMILES string of the molecule is CC(C)(C)[Si](C)(C)O[C@@H]1CCC[C@@H]2C(Br)(Br)[C@@]21O[Si](C)(C)C(C)(C)C. The summed E-state index contributed by atoms with van der Waals surface area (Å²) >= 11 is 8.01. The van der Waals surface area contributed by atoms with Crippen LogP contribution in [0.4, 0.5) is 0 Å². The van der Waals surface area contributed by atoms with Gasteiger partial charge in [-0.05, 0) is 49.1 Å². The Morgan fingerprint density at radius 3 is 1.76 bits per heavy atom. The van der Waals surface area contributed by atoms with Crippen molar-refractivity contribution in [2.24, 2.45) is 5.92 Å². The van der Waals surface area contributed by atoms with E-state index in [1.165, 1.54) is 12.8 Å². The number of hydrogen-bond donors (Lipinski definition) is 0. The second kappa shape index (κ2) is 6.41. The van der Waals surface area contributed by atoms with Crippen molar-refractivity contribution >= 4 is 48.5 Å². The van der Waals surface area contributed by atoms with Crippen LogP contribution < -0.4 is 0 Å². The third kappa shape index (κ3) is 3.66. The molecule has 6 heteroatoms. The fourth-order valence-electron chi connectivity index (χ4n) is 3.49. The van der Waals surface area contributed by atoms with Crippen molar-refractivity contribution in [3.05, 3.63) is 0 Å². The lowest BCUT2D eigenvalue weighted by molar-refractivity contribution is -0.0144. The zero-order chi connectivity index (χ0) is 19.7. The largest absolute Gasteiger partial charge is 0.411 e. The quantitative estimate of drug-likeness (QED) is 0.287. The third-order valence-electron chi connectivity index (χ3n) is 7.30. The number of rotatable bonds is 4. The zero-order valence-corrected chi connectivity index (χ0v) is 23.0. The monoisotopic (exact) mass is 512 g/mol. The van der Waals surface area contributed by atoms with E-state index in [4.69, 9.17) is 8.85 Å². The Morgan fingerprint density at radius 1 is 0.840 bits per heavy atom. The van der Waals surface area contributed by atoms with E-state index in [0.717, 1.165) is 6.42 Å². The molecule has 0 radical (unpaired) electrons. The molecule has 0 aromatic rings. The predicted molar refractivity (Wildman–Crippen MR) is 121 cm³/mol. The van der Waals surface area contributed by atoms with Crippen molar-refractivity contribution < 1.29 is 8.85 Å². The molecule has 0 amide bonds. The highest BCUT2D eigenvalue weighted by Gasteiger charge is 2.81. The van der Waals surface area contributed by atoms with Crippen LogP contribution in [0, 0.1) is 5.92 Å². The summed E-state index contributed by atoms with van der Waals surface area (Å²) in [5.41, 5.74) is -0.218. The maximum Gasteiger partial charge on any atom is 0.193 e. The van der Waals surface area contributed by atoms with E-state index in [0.29, 0.717) is 5.92 Å². The molecule has 0 aromatic carbocycles. The molecule has 0 spiro atoms. The van der Waals surface area contributed by atoms with Gasteiger partial charge in [0.1, 0.15) is 8.83 Å². The molecule has 2 saturated carbocycles. The van der Waals surface area contributed by atoms with Crippen LogP contribution in [0.15, 0.2) is 0 Å². The van der Waals surface area contributed by atoms with Gasteiger partial charge in [0.2, 0.25) is 0 Å². The van der Waals surface area contributed by atoms with E-state index in [2.05, 4.69) is 99.6 Å². The normalized spacial score (nSPS) is 33.1. The Bertz CT molecular complexity index is 520. The molecule has 0 bridgehead atoms. The molecule has 0 heterocycles. The van der Waals surface area contributed by atoms with Gasteiger partial charge in [0.15, 0.2) is 16.6 Å². The van der Waals surface area contributed by atoms with Crippen LogP contribution >= 0.6 is 31.9 Å². The minimum absolute atomic E-state index is 0.133. The molecule has 2 rings (SSSR count). The molecule has 0 N–H and O–H groups in total. The second-order valence-corrected chi connectivity index (χ2v) is 24.2. The maximum atomic E-state index is 7.13. The van der Waals surface area contributed by atoms with E-state index in [-0.39, 0.29) is 25.0 Å². The van der Waals surface area contributed by atoms with Crippen LogP contribution in [0.3, 0.4) is 0 Å². The summed E-state index contributed by atoms with van der Waals surface area (Å²) in [6.07, 6.45) is 3.73. The maximum absolute atomic E-state index is 7.13. The average molecular weight is 514 g/mol. The first-order chi connectivity index (χ1) is 10.9. The van der Waals surface area contributed by atoms with E-state index in [9.17, 15) is 0 Å². The van der Waals surface area contributed by atoms with Crippen LogP contribution in [0.1, 0.15) is 60.8 Å². The molecule has 2 aliphatic carbocycles. The smallest absolute Gasteiger partial charge is 0.193 e. The Kier molecular flexibility index (Phi) is 5.80. The zero-order valence-electron chi connectivity index (χ0n) is 17.8. The summed E-state index contributed by atoms with van der Waals surface area (Å²) in [5, 5.41) is 0.415. The van der Waals surface area contributed by atoms with Gasteiger partial charge in [-0.1, -0.05) is 79.8 Å². The van der Waals surface area contributed by atoms with Crippen molar-refractivity contribution in [3.8, 4) is 0 Å². The van der Waals surface area contributed by atoms with Crippen molar-refractivity contribution in [3.63, 3.8) is 0 Å². The summed E-state index contributed by atoms with van der Waals surface area (Å²) in [5.74, 6) is 0.498. The molecule has 3 atom stereocenters. The van der Waals surface area contributed by atoms with Gasteiger partial charge in [0, 0.05) is 5.92 Å². The van der Waals surface area contributed by atoms with Crippen LogP contribution in [0.5, 0.6) is 0 Å². The van der Waals surface area contributed by atoms with Crippen molar-refractivity contribution in [2.45, 2.75) is 112 Å². The van der Waals surface area contributed by atoms with Gasteiger partial charge in [-0.2, -0.15) is 0 Å². The topological polar surface area (TPSA) is 18.5 Å². The Morgan fingerprint density at radius 2 is 1.32 bits per heavy atom. The van der Waals surface area contributed by atoms with Gasteiger partial charge >= 0.3 is 0 Å². The molecule has 0 aliphatic heterocycles. The first kappa shape index (κ1) is 22.6. The van der Waals surface area contributed by atoms with Crippen molar-refractivity contribution in [2.75, 3.05) is 0 Å². The highest BCUT2D eigenvalue weighted by Crippen LogP contribution is 2.74. The number of halogens is 2. The second-order valence-electron chi connectivity index (χ2n) is 11.1. The van der Waals surface area contributed by atoms with Crippen molar-refractivity contribution in [1.29, 1.82) is 0 Å². The Balaban J connectivity index is 2.37. The van der Waals surface area contributed by atoms with Gasteiger partial charge in [-0.25, -0.2) is 0 Å². The average Bonchev–Trinajstić information content (AvgIpc) is 2.83. The molecule has 0 aromatic heterocycles. The molecule has 2 fully saturated rings. The molecule has 0 unspecified atom stereocenters. The molecule has 2 aliphatic rings.